The molecule has 3 heterocycles. The number of hydrogen-bond donors (Lipinski definition) is 2. The lowest BCUT2D eigenvalue weighted by atomic mass is 10.1. The Morgan fingerprint density at radius 1 is 1.24 bits per heavy atom. The summed E-state index contributed by atoms with van der Waals surface area (Å²) >= 11 is 6.01. The summed E-state index contributed by atoms with van der Waals surface area (Å²) in [6.07, 6.45) is -1.79. The van der Waals surface area contributed by atoms with Crippen LogP contribution >= 0.6 is 11.6 Å². The van der Waals surface area contributed by atoms with E-state index in [4.69, 9.17) is 31.0 Å². The molecule has 4 unspecified atom stereocenters. The van der Waals surface area contributed by atoms with Crippen LogP contribution < -0.4 is 9.86 Å². The van der Waals surface area contributed by atoms with Crippen molar-refractivity contribution in [1.29, 1.82) is 0 Å². The lowest BCUT2D eigenvalue weighted by molar-refractivity contribution is -0.165. The number of halogens is 1. The average molecular weight is 449 g/mol. The lowest BCUT2D eigenvalue weighted by Crippen LogP contribution is -2.44. The number of rotatable bonds is 6. The minimum absolute atomic E-state index is 0.0970. The fraction of sp³-hybridized carbons (Fsp3) is 0.500. The van der Waals surface area contributed by atoms with Gasteiger partial charge in [0.05, 0.1) is 6.33 Å². The highest BCUT2D eigenvalue weighted by Gasteiger charge is 2.50. The Morgan fingerprint density at radius 3 is 2.52 bits per heavy atom. The Kier molecular flexibility index (Phi) is 6.00. The molecule has 4 atom stereocenters. The van der Waals surface area contributed by atoms with Crippen molar-refractivity contribution >= 4 is 44.9 Å². The summed E-state index contributed by atoms with van der Waals surface area (Å²) < 4.78 is 42.5. The second-order valence-corrected chi connectivity index (χ2v) is 7.83. The van der Waals surface area contributed by atoms with Crippen molar-refractivity contribution in [3.05, 3.63) is 17.8 Å². The summed E-state index contributed by atoms with van der Waals surface area (Å²) in [5.41, 5.74) is 0.545. The van der Waals surface area contributed by atoms with Gasteiger partial charge in [0.2, 0.25) is 0 Å². The first-order chi connectivity index (χ1) is 13.6. The largest absolute Gasteiger partial charge is 0.456 e. The molecule has 0 bridgehead atoms. The van der Waals surface area contributed by atoms with Gasteiger partial charge in [-0.25, -0.2) is 20.1 Å². The van der Waals surface area contributed by atoms with Gasteiger partial charge in [0.15, 0.2) is 29.2 Å². The van der Waals surface area contributed by atoms with E-state index in [2.05, 4.69) is 19.7 Å². The summed E-state index contributed by atoms with van der Waals surface area (Å²) in [4.78, 5) is 35.3. The van der Waals surface area contributed by atoms with Crippen molar-refractivity contribution in [1.82, 2.24) is 24.2 Å². The Morgan fingerprint density at radius 2 is 1.90 bits per heavy atom. The van der Waals surface area contributed by atoms with Crippen LogP contribution in [0, 0.1) is 0 Å². The molecule has 1 saturated heterocycles. The molecular formula is C14H17ClN6O7S. The second-order valence-electron chi connectivity index (χ2n) is 6.10. The highest BCUT2D eigenvalue weighted by Crippen LogP contribution is 2.36. The molecule has 3 N–H and O–H groups in total. The molecule has 15 heteroatoms. The molecule has 0 saturated carbocycles. The molecule has 0 amide bonds. The number of carbonyl (C=O) groups is 2. The number of nitrogens with two attached hydrogens (primary N) is 1. The van der Waals surface area contributed by atoms with Crippen LogP contribution in [0.2, 0.25) is 5.15 Å². The number of aromatic nitrogens is 4. The fourth-order valence-electron chi connectivity index (χ4n) is 2.96. The maximum absolute atomic E-state index is 11.7. The van der Waals surface area contributed by atoms with Crippen LogP contribution in [-0.4, -0.2) is 64.7 Å². The Labute approximate surface area is 169 Å². The maximum Gasteiger partial charge on any atom is 0.303 e. The highest BCUT2D eigenvalue weighted by molar-refractivity contribution is 7.87. The number of nitrogens with one attached hydrogen (secondary N) is 1. The Hall–Kier alpha value is -2.39. The summed E-state index contributed by atoms with van der Waals surface area (Å²) in [6.45, 7) is 1.98. The molecule has 2 aromatic rings. The third-order valence-corrected chi connectivity index (χ3v) is 4.81. The van der Waals surface area contributed by atoms with Crippen LogP contribution in [0.15, 0.2) is 12.7 Å². The zero-order valence-corrected chi connectivity index (χ0v) is 16.8. The smallest absolute Gasteiger partial charge is 0.303 e. The summed E-state index contributed by atoms with van der Waals surface area (Å²) in [7, 11) is -4.05. The molecule has 0 aliphatic carbocycles. The second kappa shape index (κ2) is 8.16. The maximum atomic E-state index is 11.7. The van der Waals surface area contributed by atoms with Gasteiger partial charge in [0.1, 0.15) is 17.9 Å². The van der Waals surface area contributed by atoms with Crippen LogP contribution in [0.1, 0.15) is 20.1 Å². The van der Waals surface area contributed by atoms with Crippen molar-refractivity contribution in [2.24, 2.45) is 5.14 Å². The van der Waals surface area contributed by atoms with Gasteiger partial charge in [-0.3, -0.25) is 14.2 Å². The van der Waals surface area contributed by atoms with Gasteiger partial charge in [0.25, 0.3) is 10.2 Å². The zero-order valence-electron chi connectivity index (χ0n) is 15.2. The van der Waals surface area contributed by atoms with Crippen molar-refractivity contribution < 1.29 is 32.2 Å². The number of carbonyl (C=O) groups excluding carboxylic acids is 2. The molecule has 1 aliphatic heterocycles. The first-order valence-electron chi connectivity index (χ1n) is 8.17. The molecule has 0 aromatic carbocycles. The van der Waals surface area contributed by atoms with Crippen LogP contribution in [0.3, 0.4) is 0 Å². The van der Waals surface area contributed by atoms with E-state index in [1.807, 2.05) is 0 Å². The van der Waals surface area contributed by atoms with E-state index in [1.165, 1.54) is 24.1 Å². The van der Waals surface area contributed by atoms with Crippen molar-refractivity contribution in [2.45, 2.75) is 38.4 Å². The molecule has 0 radical (unpaired) electrons. The van der Waals surface area contributed by atoms with Crippen LogP contribution in [0.5, 0.6) is 0 Å². The first kappa shape index (κ1) is 21.3. The number of imidazole rings is 1. The minimum atomic E-state index is -4.05. The quantitative estimate of drug-likeness (QED) is 0.412. The lowest BCUT2D eigenvalue weighted by Gasteiger charge is -2.23. The van der Waals surface area contributed by atoms with Gasteiger partial charge in [-0.05, 0) is 0 Å². The van der Waals surface area contributed by atoms with Crippen LogP contribution in [0.4, 0.5) is 0 Å². The van der Waals surface area contributed by atoms with E-state index in [0.717, 1.165) is 6.92 Å². The molecule has 1 fully saturated rings. The van der Waals surface area contributed by atoms with E-state index in [1.54, 1.807) is 0 Å². The van der Waals surface area contributed by atoms with Gasteiger partial charge < -0.3 is 14.2 Å². The van der Waals surface area contributed by atoms with E-state index in [9.17, 15) is 18.0 Å². The first-order valence-corrected chi connectivity index (χ1v) is 10.1. The standard InChI is InChI=1S/C14H17ClN6O7S/c1-6(22)26-10-8(3-20-29(16,24)25)28-14(11(10)27-7(2)23)21-5-19-9-12(15)17-4-18-13(9)21/h4-5,8,10-11,14,20H,3H2,1-2H3,(H2,16,24,25). The van der Waals surface area contributed by atoms with Crippen molar-refractivity contribution in [2.75, 3.05) is 6.54 Å². The predicted octanol–water partition coefficient (Wildman–Crippen LogP) is -0.966. The number of nitrogens with zero attached hydrogens (tertiary/aromatic N) is 4. The third kappa shape index (κ3) is 4.79. The fourth-order valence-corrected chi connectivity index (χ4v) is 3.53. The van der Waals surface area contributed by atoms with Gasteiger partial charge in [-0.2, -0.15) is 13.1 Å². The van der Waals surface area contributed by atoms with E-state index in [-0.39, 0.29) is 22.9 Å². The van der Waals surface area contributed by atoms with E-state index < -0.39 is 46.7 Å². The van der Waals surface area contributed by atoms with Crippen molar-refractivity contribution in [3.8, 4) is 0 Å². The molecule has 158 valence electrons. The molecule has 29 heavy (non-hydrogen) atoms. The Balaban J connectivity index is 2.02. The van der Waals surface area contributed by atoms with Crippen LogP contribution in [-0.2, 0) is 34.0 Å². The normalized spacial score (nSPS) is 24.6. The predicted molar refractivity (Wildman–Crippen MR) is 96.5 cm³/mol. The Bertz CT molecular complexity index is 1040. The summed E-state index contributed by atoms with van der Waals surface area (Å²) in [5, 5.41) is 5.06. The monoisotopic (exact) mass is 448 g/mol. The third-order valence-electron chi connectivity index (χ3n) is 3.96. The van der Waals surface area contributed by atoms with Crippen LogP contribution in [0.25, 0.3) is 11.2 Å². The summed E-state index contributed by atoms with van der Waals surface area (Å²) in [6, 6.07) is 0. The molecular weight excluding hydrogens is 432 g/mol. The topological polar surface area (TPSA) is 178 Å². The average Bonchev–Trinajstić information content (AvgIpc) is 3.15. The molecule has 0 spiro atoms. The van der Waals surface area contributed by atoms with E-state index in [0.29, 0.717) is 0 Å². The van der Waals surface area contributed by atoms with Crippen molar-refractivity contribution in [3.63, 3.8) is 0 Å². The van der Waals surface area contributed by atoms with Gasteiger partial charge >= 0.3 is 11.9 Å². The summed E-state index contributed by atoms with van der Waals surface area (Å²) in [5.74, 6) is -1.35. The molecule has 13 nitrogen and oxygen atoms in total. The molecule has 3 rings (SSSR count). The number of fused-ring (bicyclic) bond motifs is 1. The minimum Gasteiger partial charge on any atom is -0.456 e. The van der Waals surface area contributed by atoms with Gasteiger partial charge in [-0.1, -0.05) is 11.6 Å². The molecule has 1 aliphatic rings. The van der Waals surface area contributed by atoms with E-state index >= 15 is 0 Å². The van der Waals surface area contributed by atoms with Gasteiger partial charge in [0, 0.05) is 20.4 Å². The number of esters is 2. The number of hydrogen-bond acceptors (Lipinski definition) is 10. The zero-order chi connectivity index (χ0) is 21.3. The molecule has 2 aromatic heterocycles. The number of ether oxygens (including phenoxy) is 3. The SMILES string of the molecule is CC(=O)OC1C(CNS(N)(=O)=O)OC(n2cnc3c(Cl)ncnc32)C1OC(C)=O. The highest BCUT2D eigenvalue weighted by atomic mass is 35.5. The van der Waals surface area contributed by atoms with Gasteiger partial charge in [-0.15, -0.1) is 0 Å².